The molecule has 0 unspecified atom stereocenters. The first-order valence-electron chi connectivity index (χ1n) is 7.62. The van der Waals surface area contributed by atoms with Crippen LogP contribution in [0.1, 0.15) is 35.9 Å². The molecule has 21 heavy (non-hydrogen) atoms. The highest BCUT2D eigenvalue weighted by Crippen LogP contribution is 2.27. The molecule has 0 aliphatic heterocycles. The number of nitrogens with one attached hydrogen (secondary N) is 1. The van der Waals surface area contributed by atoms with Gasteiger partial charge in [-0.3, -0.25) is 0 Å². The van der Waals surface area contributed by atoms with Crippen molar-refractivity contribution in [2.24, 2.45) is 7.05 Å². The molecule has 0 amide bonds. The largest absolute Gasteiger partial charge is 0.491 e. The predicted octanol–water partition coefficient (Wildman–Crippen LogP) is 4.35. The average Bonchev–Trinajstić information content (AvgIpc) is 2.71. The van der Waals surface area contributed by atoms with E-state index in [1.54, 1.807) is 0 Å². The number of aryl methyl sites for hydroxylation is 2. The first kappa shape index (κ1) is 15.5. The number of benzene rings is 1. The summed E-state index contributed by atoms with van der Waals surface area (Å²) in [5, 5.41) is 3.51. The number of rotatable bonds is 6. The van der Waals surface area contributed by atoms with Gasteiger partial charge in [-0.25, -0.2) is 0 Å². The van der Waals surface area contributed by atoms with Gasteiger partial charge in [0.1, 0.15) is 5.75 Å². The summed E-state index contributed by atoms with van der Waals surface area (Å²) in [5.74, 6) is 0.946. The Labute approximate surface area is 127 Å². The highest BCUT2D eigenvalue weighted by atomic mass is 16.5. The van der Waals surface area contributed by atoms with Crippen LogP contribution in [0.3, 0.4) is 0 Å². The maximum atomic E-state index is 5.85. The summed E-state index contributed by atoms with van der Waals surface area (Å²) in [4.78, 5) is 0. The standard InChI is InChI=1S/C18H26N2O/c1-6-9-21-18-10-13(2)7-8-17(18)19-12-16-11-14(3)20(5)15(16)4/h7-8,10-11,19H,6,9,12H2,1-5H3. The molecular weight excluding hydrogens is 260 g/mol. The molecule has 1 aromatic heterocycles. The van der Waals surface area contributed by atoms with Crippen molar-refractivity contribution >= 4 is 5.69 Å². The molecule has 2 aromatic rings. The summed E-state index contributed by atoms with van der Waals surface area (Å²) in [5.41, 5.74) is 6.21. The second-order valence-electron chi connectivity index (χ2n) is 5.66. The van der Waals surface area contributed by atoms with Gasteiger partial charge < -0.3 is 14.6 Å². The van der Waals surface area contributed by atoms with Crippen LogP contribution in [0.25, 0.3) is 0 Å². The summed E-state index contributed by atoms with van der Waals surface area (Å²) in [6.45, 7) is 10.1. The Morgan fingerprint density at radius 2 is 1.90 bits per heavy atom. The zero-order chi connectivity index (χ0) is 15.4. The van der Waals surface area contributed by atoms with Crippen LogP contribution in [0.15, 0.2) is 24.3 Å². The predicted molar refractivity (Wildman–Crippen MR) is 89.2 cm³/mol. The Morgan fingerprint density at radius 3 is 2.52 bits per heavy atom. The number of hydrogen-bond donors (Lipinski definition) is 1. The van der Waals surface area contributed by atoms with Crippen molar-refractivity contribution in [3.63, 3.8) is 0 Å². The van der Waals surface area contributed by atoms with Crippen LogP contribution < -0.4 is 10.1 Å². The lowest BCUT2D eigenvalue weighted by atomic mass is 10.2. The Morgan fingerprint density at radius 1 is 1.14 bits per heavy atom. The molecule has 0 radical (unpaired) electrons. The van der Waals surface area contributed by atoms with Crippen molar-refractivity contribution in [2.45, 2.75) is 40.7 Å². The minimum atomic E-state index is 0.752. The maximum absolute atomic E-state index is 5.85. The Balaban J connectivity index is 2.13. The summed E-state index contributed by atoms with van der Waals surface area (Å²) in [6.07, 6.45) is 1.02. The fourth-order valence-electron chi connectivity index (χ4n) is 2.41. The van der Waals surface area contributed by atoms with Gasteiger partial charge in [0.2, 0.25) is 0 Å². The minimum Gasteiger partial charge on any atom is -0.491 e. The molecule has 3 heteroatoms. The van der Waals surface area contributed by atoms with E-state index in [-0.39, 0.29) is 0 Å². The molecule has 3 nitrogen and oxygen atoms in total. The fraction of sp³-hybridized carbons (Fsp3) is 0.444. The van der Waals surface area contributed by atoms with Gasteiger partial charge in [0.05, 0.1) is 12.3 Å². The molecule has 0 saturated heterocycles. The van der Waals surface area contributed by atoms with E-state index in [1.165, 1.54) is 22.5 Å². The lowest BCUT2D eigenvalue weighted by Gasteiger charge is -2.14. The monoisotopic (exact) mass is 286 g/mol. The van der Waals surface area contributed by atoms with E-state index >= 15 is 0 Å². The molecule has 2 rings (SSSR count). The highest BCUT2D eigenvalue weighted by Gasteiger charge is 2.08. The van der Waals surface area contributed by atoms with Crippen molar-refractivity contribution in [1.29, 1.82) is 0 Å². The topological polar surface area (TPSA) is 26.2 Å². The van der Waals surface area contributed by atoms with Crippen LogP contribution in [-0.2, 0) is 13.6 Å². The number of nitrogens with zero attached hydrogens (tertiary/aromatic N) is 1. The fourth-order valence-corrected chi connectivity index (χ4v) is 2.41. The van der Waals surface area contributed by atoms with Crippen LogP contribution in [0.2, 0.25) is 0 Å². The molecule has 1 aromatic carbocycles. The highest BCUT2D eigenvalue weighted by molar-refractivity contribution is 5.58. The van der Waals surface area contributed by atoms with E-state index in [9.17, 15) is 0 Å². The van der Waals surface area contributed by atoms with Crippen LogP contribution in [0.4, 0.5) is 5.69 Å². The van der Waals surface area contributed by atoms with Crippen LogP contribution in [0.5, 0.6) is 5.75 Å². The second-order valence-corrected chi connectivity index (χ2v) is 5.66. The number of anilines is 1. The number of aromatic nitrogens is 1. The first-order valence-corrected chi connectivity index (χ1v) is 7.62. The van der Waals surface area contributed by atoms with E-state index in [0.717, 1.165) is 31.0 Å². The van der Waals surface area contributed by atoms with Gasteiger partial charge >= 0.3 is 0 Å². The summed E-state index contributed by atoms with van der Waals surface area (Å²) < 4.78 is 8.07. The average molecular weight is 286 g/mol. The van der Waals surface area contributed by atoms with Crippen molar-refractivity contribution in [3.05, 3.63) is 46.8 Å². The molecule has 0 saturated carbocycles. The molecule has 0 fully saturated rings. The van der Waals surface area contributed by atoms with Gasteiger partial charge in [0, 0.05) is 25.0 Å². The van der Waals surface area contributed by atoms with Gasteiger partial charge in [-0.05, 0) is 56.5 Å². The molecule has 0 aliphatic carbocycles. The summed E-state index contributed by atoms with van der Waals surface area (Å²) in [7, 11) is 2.11. The van der Waals surface area contributed by atoms with E-state index in [0.29, 0.717) is 0 Å². The Bertz CT molecular complexity index is 614. The van der Waals surface area contributed by atoms with E-state index < -0.39 is 0 Å². The summed E-state index contributed by atoms with van der Waals surface area (Å²) >= 11 is 0. The van der Waals surface area contributed by atoms with Gasteiger partial charge in [0.15, 0.2) is 0 Å². The molecule has 114 valence electrons. The molecule has 0 atom stereocenters. The zero-order valence-corrected chi connectivity index (χ0v) is 13.8. The van der Waals surface area contributed by atoms with Crippen molar-refractivity contribution < 1.29 is 4.74 Å². The van der Waals surface area contributed by atoms with E-state index in [1.807, 2.05) is 0 Å². The molecular formula is C18H26N2O. The minimum absolute atomic E-state index is 0.752. The zero-order valence-electron chi connectivity index (χ0n) is 13.8. The van der Waals surface area contributed by atoms with Crippen LogP contribution >= 0.6 is 0 Å². The quantitative estimate of drug-likeness (QED) is 0.854. The Hall–Kier alpha value is -1.90. The SMILES string of the molecule is CCCOc1cc(C)ccc1NCc1cc(C)n(C)c1C. The second kappa shape index (κ2) is 6.70. The van der Waals surface area contributed by atoms with Gasteiger partial charge in [0.25, 0.3) is 0 Å². The van der Waals surface area contributed by atoms with Gasteiger partial charge in [-0.2, -0.15) is 0 Å². The molecule has 1 heterocycles. The normalized spacial score (nSPS) is 10.7. The van der Waals surface area contributed by atoms with Crippen LogP contribution in [-0.4, -0.2) is 11.2 Å². The smallest absolute Gasteiger partial charge is 0.142 e. The lowest BCUT2D eigenvalue weighted by molar-refractivity contribution is 0.318. The Kier molecular flexibility index (Phi) is 4.94. The van der Waals surface area contributed by atoms with Crippen LogP contribution in [0, 0.1) is 20.8 Å². The molecule has 0 aliphatic rings. The van der Waals surface area contributed by atoms with E-state index in [2.05, 4.69) is 68.9 Å². The van der Waals surface area contributed by atoms with Gasteiger partial charge in [-0.15, -0.1) is 0 Å². The number of ether oxygens (including phenoxy) is 1. The maximum Gasteiger partial charge on any atom is 0.142 e. The number of hydrogen-bond acceptors (Lipinski definition) is 2. The lowest BCUT2D eigenvalue weighted by Crippen LogP contribution is -2.04. The summed E-state index contributed by atoms with van der Waals surface area (Å²) in [6, 6.07) is 8.56. The molecule has 0 bridgehead atoms. The van der Waals surface area contributed by atoms with Crippen molar-refractivity contribution in [1.82, 2.24) is 4.57 Å². The van der Waals surface area contributed by atoms with Gasteiger partial charge in [-0.1, -0.05) is 13.0 Å². The third-order valence-corrected chi connectivity index (χ3v) is 3.95. The van der Waals surface area contributed by atoms with Crippen molar-refractivity contribution in [3.8, 4) is 5.75 Å². The molecule has 1 N–H and O–H groups in total. The van der Waals surface area contributed by atoms with Crippen molar-refractivity contribution in [2.75, 3.05) is 11.9 Å². The third-order valence-electron chi connectivity index (χ3n) is 3.95. The third kappa shape index (κ3) is 3.60. The first-order chi connectivity index (χ1) is 10.0. The van der Waals surface area contributed by atoms with E-state index in [4.69, 9.17) is 4.74 Å². The molecule has 0 spiro atoms.